The van der Waals surface area contributed by atoms with Crippen LogP contribution >= 0.6 is 0 Å². The minimum atomic E-state index is 0.163. The van der Waals surface area contributed by atoms with Gasteiger partial charge in [-0.15, -0.1) is 0 Å². The van der Waals surface area contributed by atoms with Gasteiger partial charge in [0.05, 0.1) is 5.41 Å². The van der Waals surface area contributed by atoms with Crippen molar-refractivity contribution >= 4 is 5.91 Å². The molecule has 56 valence electrons. The fourth-order valence-electron chi connectivity index (χ4n) is 1.81. The van der Waals surface area contributed by atoms with Crippen molar-refractivity contribution in [3.8, 4) is 0 Å². The lowest BCUT2D eigenvalue weighted by molar-refractivity contribution is -0.131. The zero-order valence-corrected chi connectivity index (χ0v) is 6.39. The van der Waals surface area contributed by atoms with Crippen molar-refractivity contribution in [3.05, 3.63) is 0 Å². The summed E-state index contributed by atoms with van der Waals surface area (Å²) in [5, 5.41) is 0. The van der Waals surface area contributed by atoms with Crippen molar-refractivity contribution in [2.75, 3.05) is 13.1 Å². The number of likely N-dealkylation sites (tertiary alicyclic amines) is 1. The van der Waals surface area contributed by atoms with E-state index in [9.17, 15) is 4.79 Å². The van der Waals surface area contributed by atoms with Crippen molar-refractivity contribution in [3.63, 3.8) is 0 Å². The first-order chi connectivity index (χ1) is 4.78. The van der Waals surface area contributed by atoms with E-state index < -0.39 is 0 Å². The van der Waals surface area contributed by atoms with Crippen LogP contribution < -0.4 is 0 Å². The molecular weight excluding hydrogens is 126 g/mol. The van der Waals surface area contributed by atoms with E-state index in [-0.39, 0.29) is 5.41 Å². The topological polar surface area (TPSA) is 20.3 Å². The van der Waals surface area contributed by atoms with E-state index in [1.807, 2.05) is 4.90 Å². The lowest BCUT2D eigenvalue weighted by Gasteiger charge is -2.12. The largest absolute Gasteiger partial charge is 0.342 e. The van der Waals surface area contributed by atoms with Crippen LogP contribution in [0.4, 0.5) is 0 Å². The van der Waals surface area contributed by atoms with E-state index in [0.29, 0.717) is 5.91 Å². The summed E-state index contributed by atoms with van der Waals surface area (Å²) in [5.41, 5.74) is 0.163. The summed E-state index contributed by atoms with van der Waals surface area (Å²) in [6.07, 6.45) is 3.43. The summed E-state index contributed by atoms with van der Waals surface area (Å²) in [6.45, 7) is 3.97. The predicted molar refractivity (Wildman–Crippen MR) is 38.5 cm³/mol. The highest BCUT2D eigenvalue weighted by Crippen LogP contribution is 2.53. The van der Waals surface area contributed by atoms with E-state index in [0.717, 1.165) is 32.4 Å². The normalized spacial score (nSPS) is 28.1. The molecule has 0 atom stereocenters. The first kappa shape index (κ1) is 6.20. The van der Waals surface area contributed by atoms with Gasteiger partial charge in [0.15, 0.2) is 0 Å². The van der Waals surface area contributed by atoms with Crippen LogP contribution in [0, 0.1) is 5.41 Å². The Morgan fingerprint density at radius 3 is 2.50 bits per heavy atom. The molecule has 1 saturated carbocycles. The average molecular weight is 139 g/mol. The van der Waals surface area contributed by atoms with Gasteiger partial charge in [-0.25, -0.2) is 0 Å². The second kappa shape index (κ2) is 1.74. The highest BCUT2D eigenvalue weighted by Gasteiger charge is 2.54. The summed E-state index contributed by atoms with van der Waals surface area (Å²) < 4.78 is 0. The van der Waals surface area contributed by atoms with Crippen molar-refractivity contribution in [2.45, 2.75) is 26.2 Å². The quantitative estimate of drug-likeness (QED) is 0.531. The molecule has 1 heterocycles. The van der Waals surface area contributed by atoms with Crippen LogP contribution in [-0.2, 0) is 4.79 Å². The Kier molecular flexibility index (Phi) is 1.08. The highest BCUT2D eigenvalue weighted by atomic mass is 16.2. The number of hydrogen-bond donors (Lipinski definition) is 0. The number of rotatable bonds is 1. The first-order valence-electron chi connectivity index (χ1n) is 4.08. The van der Waals surface area contributed by atoms with Crippen LogP contribution in [0.2, 0.25) is 0 Å². The zero-order chi connectivity index (χ0) is 7.19. The fraction of sp³-hybridized carbons (Fsp3) is 0.875. The molecule has 0 N–H and O–H groups in total. The number of carbonyl (C=O) groups is 1. The lowest BCUT2D eigenvalue weighted by Crippen LogP contribution is -2.27. The fourth-order valence-corrected chi connectivity index (χ4v) is 1.81. The Hall–Kier alpha value is -0.530. The molecule has 1 spiro atoms. The molecule has 2 nitrogen and oxygen atoms in total. The molecule has 0 radical (unpaired) electrons. The Labute approximate surface area is 61.2 Å². The number of carbonyl (C=O) groups excluding carboxylic acids is 1. The molecule has 1 saturated heterocycles. The molecular formula is C8H13NO. The van der Waals surface area contributed by atoms with E-state index >= 15 is 0 Å². The predicted octanol–water partition coefficient (Wildman–Crippen LogP) is 1.02. The van der Waals surface area contributed by atoms with Gasteiger partial charge in [0.25, 0.3) is 0 Å². The zero-order valence-electron chi connectivity index (χ0n) is 6.39. The SMILES string of the molecule is CCN1CCC2(CC2)C1=O. The van der Waals surface area contributed by atoms with E-state index in [1.165, 1.54) is 0 Å². The van der Waals surface area contributed by atoms with Gasteiger partial charge in [-0.1, -0.05) is 0 Å². The highest BCUT2D eigenvalue weighted by molar-refractivity contribution is 5.87. The van der Waals surface area contributed by atoms with Gasteiger partial charge in [-0.05, 0) is 26.2 Å². The number of amides is 1. The molecule has 0 bridgehead atoms. The average Bonchev–Trinajstić information content (AvgIpc) is 2.63. The molecule has 2 aliphatic rings. The summed E-state index contributed by atoms with van der Waals surface area (Å²) in [5.74, 6) is 0.426. The number of nitrogens with zero attached hydrogens (tertiary/aromatic N) is 1. The third-order valence-corrected chi connectivity index (χ3v) is 2.84. The lowest BCUT2D eigenvalue weighted by atomic mass is 10.1. The molecule has 0 aromatic carbocycles. The molecule has 2 fully saturated rings. The smallest absolute Gasteiger partial charge is 0.228 e. The van der Waals surface area contributed by atoms with Crippen LogP contribution in [0.25, 0.3) is 0 Å². The minimum Gasteiger partial charge on any atom is -0.342 e. The summed E-state index contributed by atoms with van der Waals surface area (Å²) in [4.78, 5) is 13.4. The van der Waals surface area contributed by atoms with Crippen LogP contribution in [0.3, 0.4) is 0 Å². The Morgan fingerprint density at radius 1 is 1.50 bits per heavy atom. The van der Waals surface area contributed by atoms with E-state index in [2.05, 4.69) is 6.92 Å². The van der Waals surface area contributed by atoms with E-state index in [4.69, 9.17) is 0 Å². The summed E-state index contributed by atoms with van der Waals surface area (Å²) >= 11 is 0. The van der Waals surface area contributed by atoms with Crippen LogP contribution in [0.5, 0.6) is 0 Å². The monoisotopic (exact) mass is 139 g/mol. The number of hydrogen-bond acceptors (Lipinski definition) is 1. The minimum absolute atomic E-state index is 0.163. The van der Waals surface area contributed by atoms with Crippen molar-refractivity contribution in [1.82, 2.24) is 4.90 Å². The molecule has 1 aliphatic carbocycles. The first-order valence-corrected chi connectivity index (χ1v) is 4.08. The molecule has 0 unspecified atom stereocenters. The van der Waals surface area contributed by atoms with Gasteiger partial charge in [-0.3, -0.25) is 4.79 Å². The summed E-state index contributed by atoms with van der Waals surface area (Å²) in [6, 6.07) is 0. The third kappa shape index (κ3) is 0.619. The standard InChI is InChI=1S/C8H13NO/c1-2-9-6-5-8(3-4-8)7(9)10/h2-6H2,1H3. The van der Waals surface area contributed by atoms with Crippen molar-refractivity contribution in [2.24, 2.45) is 5.41 Å². The maximum absolute atomic E-state index is 11.4. The summed E-state index contributed by atoms with van der Waals surface area (Å²) in [7, 11) is 0. The van der Waals surface area contributed by atoms with Gasteiger partial charge in [0.1, 0.15) is 0 Å². The molecule has 2 rings (SSSR count). The Balaban J connectivity index is 2.13. The van der Waals surface area contributed by atoms with Gasteiger partial charge < -0.3 is 4.90 Å². The molecule has 1 aliphatic heterocycles. The Morgan fingerprint density at radius 2 is 2.20 bits per heavy atom. The van der Waals surface area contributed by atoms with Crippen molar-refractivity contribution in [1.29, 1.82) is 0 Å². The van der Waals surface area contributed by atoms with Crippen LogP contribution in [-0.4, -0.2) is 23.9 Å². The third-order valence-electron chi connectivity index (χ3n) is 2.84. The second-order valence-electron chi connectivity index (χ2n) is 3.42. The van der Waals surface area contributed by atoms with Crippen LogP contribution in [0.1, 0.15) is 26.2 Å². The van der Waals surface area contributed by atoms with Gasteiger partial charge in [0, 0.05) is 13.1 Å². The second-order valence-corrected chi connectivity index (χ2v) is 3.42. The maximum Gasteiger partial charge on any atom is 0.228 e. The van der Waals surface area contributed by atoms with Crippen molar-refractivity contribution < 1.29 is 4.79 Å². The molecule has 0 aromatic heterocycles. The maximum atomic E-state index is 11.4. The van der Waals surface area contributed by atoms with Gasteiger partial charge in [0.2, 0.25) is 5.91 Å². The molecule has 1 amide bonds. The molecule has 0 aromatic rings. The molecule has 2 heteroatoms. The van der Waals surface area contributed by atoms with Gasteiger partial charge in [-0.2, -0.15) is 0 Å². The van der Waals surface area contributed by atoms with E-state index in [1.54, 1.807) is 0 Å². The molecule has 10 heavy (non-hydrogen) atoms. The van der Waals surface area contributed by atoms with Crippen LogP contribution in [0.15, 0.2) is 0 Å². The van der Waals surface area contributed by atoms with Gasteiger partial charge >= 0.3 is 0 Å². The Bertz CT molecular complexity index is 172.